The SMILES string of the molecule is COC(=O)[C@]12CCC(C)(C)C[C@H]1[C@H]1C(=O)C=C3[C@@]4(C)CCC5(OCCO5)[C@@](C)(CC=O)C4CC[C@@]3(C)[C@]1(C)CC2. The Morgan fingerprint density at radius 2 is 1.65 bits per heavy atom. The molecule has 5 aliphatic carbocycles. The lowest BCUT2D eigenvalue weighted by molar-refractivity contribution is -0.293. The van der Waals surface area contributed by atoms with Crippen LogP contribution in [0, 0.1) is 50.2 Å². The van der Waals surface area contributed by atoms with E-state index in [2.05, 4.69) is 41.5 Å². The van der Waals surface area contributed by atoms with Gasteiger partial charge >= 0.3 is 5.97 Å². The van der Waals surface area contributed by atoms with Crippen LogP contribution in [-0.2, 0) is 28.6 Å². The molecule has 6 rings (SSSR count). The average molecular weight is 555 g/mol. The van der Waals surface area contributed by atoms with Crippen LogP contribution in [0.5, 0.6) is 0 Å². The minimum Gasteiger partial charge on any atom is -0.469 e. The molecule has 1 unspecified atom stereocenters. The fourth-order valence-corrected chi connectivity index (χ4v) is 11.7. The number of allylic oxidation sites excluding steroid dienone is 2. The minimum atomic E-state index is -0.726. The fraction of sp³-hybridized carbons (Fsp3) is 0.853. The Bertz CT molecular complexity index is 1150. The van der Waals surface area contributed by atoms with E-state index in [1.165, 1.54) is 12.7 Å². The van der Waals surface area contributed by atoms with E-state index in [-0.39, 0.29) is 51.2 Å². The van der Waals surface area contributed by atoms with Crippen molar-refractivity contribution in [2.75, 3.05) is 20.3 Å². The highest BCUT2D eigenvalue weighted by Crippen LogP contribution is 2.76. The molecule has 6 aliphatic rings. The fourth-order valence-electron chi connectivity index (χ4n) is 11.7. The number of carbonyl (C=O) groups is 3. The van der Waals surface area contributed by atoms with Crippen molar-refractivity contribution in [3.05, 3.63) is 11.6 Å². The molecule has 1 saturated heterocycles. The predicted octanol–water partition coefficient (Wildman–Crippen LogP) is 6.45. The van der Waals surface area contributed by atoms with Crippen LogP contribution in [0.15, 0.2) is 11.6 Å². The van der Waals surface area contributed by atoms with Gasteiger partial charge in [-0.1, -0.05) is 47.1 Å². The number of hydrogen-bond donors (Lipinski definition) is 0. The smallest absolute Gasteiger partial charge is 0.312 e. The molecule has 6 heteroatoms. The molecule has 6 nitrogen and oxygen atoms in total. The Hall–Kier alpha value is -1.53. The van der Waals surface area contributed by atoms with E-state index >= 15 is 0 Å². The zero-order chi connectivity index (χ0) is 29.0. The molecule has 1 aliphatic heterocycles. The van der Waals surface area contributed by atoms with E-state index in [9.17, 15) is 14.4 Å². The van der Waals surface area contributed by atoms with E-state index in [0.717, 1.165) is 64.1 Å². The van der Waals surface area contributed by atoms with Crippen LogP contribution in [0.25, 0.3) is 0 Å². The number of fused-ring (bicyclic) bond motifs is 7. The second-order valence-corrected chi connectivity index (χ2v) is 16.1. The summed E-state index contributed by atoms with van der Waals surface area (Å²) >= 11 is 0. The molecule has 40 heavy (non-hydrogen) atoms. The summed E-state index contributed by atoms with van der Waals surface area (Å²) in [5.74, 6) is -0.654. The van der Waals surface area contributed by atoms with Crippen molar-refractivity contribution >= 4 is 18.0 Å². The largest absolute Gasteiger partial charge is 0.469 e. The zero-order valence-electron chi connectivity index (χ0n) is 25.8. The summed E-state index contributed by atoms with van der Waals surface area (Å²) in [5.41, 5.74) is -0.280. The molecule has 0 amide bonds. The summed E-state index contributed by atoms with van der Waals surface area (Å²) in [7, 11) is 1.51. The molecule has 222 valence electrons. The number of rotatable bonds is 3. The summed E-state index contributed by atoms with van der Waals surface area (Å²) in [5, 5.41) is 0. The number of hydrogen-bond acceptors (Lipinski definition) is 6. The van der Waals surface area contributed by atoms with Gasteiger partial charge in [-0.3, -0.25) is 9.59 Å². The maximum absolute atomic E-state index is 14.6. The van der Waals surface area contributed by atoms with Gasteiger partial charge in [0, 0.05) is 24.2 Å². The first-order valence-electron chi connectivity index (χ1n) is 15.8. The Morgan fingerprint density at radius 3 is 2.30 bits per heavy atom. The minimum absolute atomic E-state index is 0.00894. The number of ketones is 1. The molecule has 5 fully saturated rings. The van der Waals surface area contributed by atoms with Gasteiger partial charge in [-0.2, -0.15) is 0 Å². The predicted molar refractivity (Wildman–Crippen MR) is 151 cm³/mol. The quantitative estimate of drug-likeness (QED) is 0.295. The Morgan fingerprint density at radius 1 is 0.975 bits per heavy atom. The van der Waals surface area contributed by atoms with Crippen molar-refractivity contribution < 1.29 is 28.6 Å². The topological polar surface area (TPSA) is 78.9 Å². The molecule has 8 atom stereocenters. The number of ether oxygens (including phenoxy) is 3. The van der Waals surface area contributed by atoms with E-state index in [1.807, 2.05) is 6.08 Å². The van der Waals surface area contributed by atoms with E-state index in [4.69, 9.17) is 14.2 Å². The van der Waals surface area contributed by atoms with Crippen LogP contribution < -0.4 is 0 Å². The monoisotopic (exact) mass is 554 g/mol. The second-order valence-electron chi connectivity index (χ2n) is 16.1. The molecular weight excluding hydrogens is 504 g/mol. The van der Waals surface area contributed by atoms with E-state index < -0.39 is 16.6 Å². The Kier molecular flexibility index (Phi) is 6.25. The summed E-state index contributed by atoms with van der Waals surface area (Å²) in [6.07, 6.45) is 11.3. The second kappa shape index (κ2) is 8.75. The molecule has 0 bridgehead atoms. The van der Waals surface area contributed by atoms with Gasteiger partial charge in [0.15, 0.2) is 11.6 Å². The lowest BCUT2D eigenvalue weighted by Crippen LogP contribution is -2.68. The van der Waals surface area contributed by atoms with Gasteiger partial charge < -0.3 is 19.0 Å². The van der Waals surface area contributed by atoms with Crippen LogP contribution in [0.1, 0.15) is 106 Å². The van der Waals surface area contributed by atoms with Crippen molar-refractivity contribution in [3.8, 4) is 0 Å². The first kappa shape index (κ1) is 28.6. The van der Waals surface area contributed by atoms with Crippen molar-refractivity contribution in [3.63, 3.8) is 0 Å². The van der Waals surface area contributed by atoms with Gasteiger partial charge in [-0.05, 0) is 90.9 Å². The van der Waals surface area contributed by atoms with Crippen molar-refractivity contribution in [1.29, 1.82) is 0 Å². The van der Waals surface area contributed by atoms with Crippen LogP contribution in [0.3, 0.4) is 0 Å². The standard InChI is InChI=1S/C34H50O6/c1-28(2)10-13-33(27(37)38-7)14-12-32(6)26(22(33)21-28)23(36)20-25-29(3)11-15-34(39-18-19-40-34)31(5,16-17-35)24(29)8-9-30(25,32)4/h17,20,22,24,26H,8-16,18-19,21H2,1-7H3/t22-,24?,26-,29-,30+,31-,32+,33-/m0/s1. The summed E-state index contributed by atoms with van der Waals surface area (Å²) < 4.78 is 18.1. The summed E-state index contributed by atoms with van der Waals surface area (Å²) in [4.78, 5) is 40.2. The highest BCUT2D eigenvalue weighted by molar-refractivity contribution is 5.96. The third-order valence-electron chi connectivity index (χ3n) is 14.1. The van der Waals surface area contributed by atoms with Gasteiger partial charge in [0.2, 0.25) is 0 Å². The first-order valence-corrected chi connectivity index (χ1v) is 15.8. The summed E-state index contributed by atoms with van der Waals surface area (Å²) in [6.45, 7) is 15.1. The molecule has 4 saturated carbocycles. The molecule has 1 heterocycles. The van der Waals surface area contributed by atoms with Crippen molar-refractivity contribution in [2.24, 2.45) is 50.2 Å². The van der Waals surface area contributed by atoms with Gasteiger partial charge in [0.1, 0.15) is 6.29 Å². The van der Waals surface area contributed by atoms with Crippen molar-refractivity contribution in [1.82, 2.24) is 0 Å². The van der Waals surface area contributed by atoms with Crippen LogP contribution in [0.2, 0.25) is 0 Å². The normalized spacial score (nSPS) is 48.7. The molecule has 0 N–H and O–H groups in total. The van der Waals surface area contributed by atoms with Gasteiger partial charge in [0.25, 0.3) is 0 Å². The van der Waals surface area contributed by atoms with Crippen LogP contribution >= 0.6 is 0 Å². The van der Waals surface area contributed by atoms with Gasteiger partial charge in [-0.15, -0.1) is 0 Å². The average Bonchev–Trinajstić information content (AvgIpc) is 3.38. The highest BCUT2D eigenvalue weighted by Gasteiger charge is 2.73. The van der Waals surface area contributed by atoms with Crippen LogP contribution in [-0.4, -0.2) is 44.1 Å². The maximum atomic E-state index is 14.6. The molecular formula is C34H50O6. The molecule has 1 spiro atoms. The lowest BCUT2D eigenvalue weighted by Gasteiger charge is -2.70. The maximum Gasteiger partial charge on any atom is 0.312 e. The van der Waals surface area contributed by atoms with Crippen molar-refractivity contribution in [2.45, 2.75) is 112 Å². The molecule has 0 radical (unpaired) electrons. The highest BCUT2D eigenvalue weighted by atomic mass is 16.7. The molecule has 0 aromatic carbocycles. The number of aldehydes is 1. The van der Waals surface area contributed by atoms with E-state index in [1.54, 1.807) is 0 Å². The number of esters is 1. The molecule has 0 aromatic rings. The molecule has 0 aromatic heterocycles. The zero-order valence-corrected chi connectivity index (χ0v) is 25.8. The Labute approximate surface area is 240 Å². The van der Waals surface area contributed by atoms with Gasteiger partial charge in [-0.25, -0.2) is 0 Å². The third-order valence-corrected chi connectivity index (χ3v) is 14.1. The first-order chi connectivity index (χ1) is 18.7. The summed E-state index contributed by atoms with van der Waals surface area (Å²) in [6, 6.07) is 0. The lowest BCUT2D eigenvalue weighted by atomic mass is 9.33. The number of carbonyl (C=O) groups excluding carboxylic acids is 3. The Balaban J connectivity index is 1.47. The number of methoxy groups -OCH3 is 1. The van der Waals surface area contributed by atoms with Gasteiger partial charge in [0.05, 0.1) is 25.7 Å². The third kappa shape index (κ3) is 3.33. The van der Waals surface area contributed by atoms with Crippen LogP contribution in [0.4, 0.5) is 0 Å². The van der Waals surface area contributed by atoms with E-state index in [0.29, 0.717) is 19.6 Å².